The summed E-state index contributed by atoms with van der Waals surface area (Å²) in [6, 6.07) is 9.97. The van der Waals surface area contributed by atoms with E-state index in [9.17, 15) is 4.79 Å². The van der Waals surface area contributed by atoms with Crippen molar-refractivity contribution in [3.8, 4) is 22.5 Å². The second-order valence-electron chi connectivity index (χ2n) is 6.79. The molecule has 0 saturated carbocycles. The molecule has 0 fully saturated rings. The highest BCUT2D eigenvalue weighted by Crippen LogP contribution is 2.34. The number of aromatic nitrogens is 6. The summed E-state index contributed by atoms with van der Waals surface area (Å²) < 4.78 is 3.64. The van der Waals surface area contributed by atoms with Crippen LogP contribution in [0, 0.1) is 6.92 Å². The SMILES string of the molecule is Cc1cccc(-c2nn(C(C)C)cc2-c2ccc3ncnn3c2/C=C/C=O)n1. The molecule has 4 heterocycles. The summed E-state index contributed by atoms with van der Waals surface area (Å²) in [5.41, 5.74) is 5.82. The van der Waals surface area contributed by atoms with Crippen molar-refractivity contribution in [3.63, 3.8) is 0 Å². The lowest BCUT2D eigenvalue weighted by Crippen LogP contribution is -2.01. The van der Waals surface area contributed by atoms with Gasteiger partial charge in [-0.15, -0.1) is 0 Å². The van der Waals surface area contributed by atoms with E-state index in [0.29, 0.717) is 5.65 Å². The van der Waals surface area contributed by atoms with E-state index >= 15 is 0 Å². The van der Waals surface area contributed by atoms with Crippen LogP contribution < -0.4 is 0 Å². The molecule has 7 nitrogen and oxygen atoms in total. The Morgan fingerprint density at radius 3 is 2.71 bits per heavy atom. The molecule has 140 valence electrons. The summed E-state index contributed by atoms with van der Waals surface area (Å²) >= 11 is 0. The molecule has 0 atom stereocenters. The van der Waals surface area contributed by atoms with Gasteiger partial charge in [-0.2, -0.15) is 10.2 Å². The number of rotatable bonds is 5. The molecule has 0 unspecified atom stereocenters. The molecule has 0 radical (unpaired) electrons. The third-order valence-electron chi connectivity index (χ3n) is 4.49. The lowest BCUT2D eigenvalue weighted by molar-refractivity contribution is -0.104. The highest BCUT2D eigenvalue weighted by Gasteiger charge is 2.19. The van der Waals surface area contributed by atoms with E-state index in [1.807, 2.05) is 48.1 Å². The van der Waals surface area contributed by atoms with Crippen molar-refractivity contribution < 1.29 is 4.79 Å². The maximum atomic E-state index is 11.0. The third-order valence-corrected chi connectivity index (χ3v) is 4.49. The van der Waals surface area contributed by atoms with Gasteiger partial charge in [-0.3, -0.25) is 14.5 Å². The molecule has 0 aliphatic carbocycles. The van der Waals surface area contributed by atoms with Crippen LogP contribution >= 0.6 is 0 Å². The Labute approximate surface area is 162 Å². The van der Waals surface area contributed by atoms with Crippen LogP contribution in [0.3, 0.4) is 0 Å². The van der Waals surface area contributed by atoms with Crippen LogP contribution in [-0.4, -0.2) is 35.6 Å². The smallest absolute Gasteiger partial charge is 0.155 e. The van der Waals surface area contributed by atoms with E-state index in [0.717, 1.165) is 40.2 Å². The number of aryl methyl sites for hydroxylation is 1. The summed E-state index contributed by atoms with van der Waals surface area (Å²) in [6.45, 7) is 6.12. The first kappa shape index (κ1) is 17.8. The molecule has 4 rings (SSSR count). The zero-order chi connectivity index (χ0) is 19.7. The van der Waals surface area contributed by atoms with E-state index in [4.69, 9.17) is 5.10 Å². The topological polar surface area (TPSA) is 78.0 Å². The number of hydrogen-bond donors (Lipinski definition) is 0. The Morgan fingerprint density at radius 2 is 1.96 bits per heavy atom. The number of carbonyl (C=O) groups excluding carboxylic acids is 1. The number of fused-ring (bicyclic) bond motifs is 1. The summed E-state index contributed by atoms with van der Waals surface area (Å²) in [5, 5.41) is 9.11. The molecule has 4 aromatic rings. The van der Waals surface area contributed by atoms with Crippen molar-refractivity contribution in [3.05, 3.63) is 60.3 Å². The molecule has 0 aromatic carbocycles. The zero-order valence-electron chi connectivity index (χ0n) is 15.9. The van der Waals surface area contributed by atoms with Gasteiger partial charge in [0, 0.05) is 29.1 Å². The number of nitrogens with zero attached hydrogens (tertiary/aromatic N) is 6. The van der Waals surface area contributed by atoms with Crippen molar-refractivity contribution in [2.75, 3.05) is 0 Å². The second kappa shape index (κ2) is 7.19. The maximum Gasteiger partial charge on any atom is 0.155 e. The Hall–Kier alpha value is -3.61. The van der Waals surface area contributed by atoms with Gasteiger partial charge in [-0.1, -0.05) is 6.07 Å². The predicted molar refractivity (Wildman–Crippen MR) is 108 cm³/mol. The van der Waals surface area contributed by atoms with Gasteiger partial charge in [0.25, 0.3) is 0 Å². The molecular formula is C21H20N6O. The number of allylic oxidation sites excluding steroid dienone is 1. The van der Waals surface area contributed by atoms with Crippen molar-refractivity contribution >= 4 is 18.0 Å². The van der Waals surface area contributed by atoms with Gasteiger partial charge in [0.15, 0.2) is 5.65 Å². The largest absolute Gasteiger partial charge is 0.299 e. The van der Waals surface area contributed by atoms with Gasteiger partial charge in [0.05, 0.1) is 11.4 Å². The van der Waals surface area contributed by atoms with E-state index in [1.54, 1.807) is 10.6 Å². The summed E-state index contributed by atoms with van der Waals surface area (Å²) in [4.78, 5) is 19.9. The van der Waals surface area contributed by atoms with E-state index in [2.05, 4.69) is 28.9 Å². The Kier molecular flexibility index (Phi) is 4.57. The first-order chi connectivity index (χ1) is 13.6. The predicted octanol–water partition coefficient (Wildman–Crippen LogP) is 3.76. The minimum Gasteiger partial charge on any atom is -0.299 e. The molecule has 0 N–H and O–H groups in total. The fourth-order valence-corrected chi connectivity index (χ4v) is 3.14. The van der Waals surface area contributed by atoms with Crippen LogP contribution in [0.15, 0.2) is 48.9 Å². The van der Waals surface area contributed by atoms with Crippen LogP contribution in [0.25, 0.3) is 34.2 Å². The number of carbonyl (C=O) groups is 1. The van der Waals surface area contributed by atoms with Crippen molar-refractivity contribution in [1.82, 2.24) is 29.4 Å². The minimum absolute atomic E-state index is 0.196. The minimum atomic E-state index is 0.196. The Bertz CT molecular complexity index is 1180. The van der Waals surface area contributed by atoms with Crippen molar-refractivity contribution in [1.29, 1.82) is 0 Å². The van der Waals surface area contributed by atoms with Crippen molar-refractivity contribution in [2.24, 2.45) is 0 Å². The molecule has 7 heteroatoms. The highest BCUT2D eigenvalue weighted by atomic mass is 16.1. The van der Waals surface area contributed by atoms with Gasteiger partial charge < -0.3 is 0 Å². The average Bonchev–Trinajstić information content (AvgIpc) is 3.33. The van der Waals surface area contributed by atoms with Crippen LogP contribution in [0.1, 0.15) is 31.3 Å². The molecule has 0 saturated heterocycles. The van der Waals surface area contributed by atoms with Crippen LogP contribution in [0.2, 0.25) is 0 Å². The standard InChI is InChI=1S/C21H20N6O/c1-14(2)26-12-17(21(25-26)18-7-4-6-15(3)24-18)16-9-10-20-22-13-23-27(20)19(16)8-5-11-28/h4-14H,1-3H3/b8-5+. The van der Waals surface area contributed by atoms with Crippen LogP contribution in [0.5, 0.6) is 0 Å². The highest BCUT2D eigenvalue weighted by molar-refractivity contribution is 5.86. The normalized spacial score (nSPS) is 11.7. The summed E-state index contributed by atoms with van der Waals surface area (Å²) in [7, 11) is 0. The van der Waals surface area contributed by atoms with Crippen LogP contribution in [0.4, 0.5) is 0 Å². The average molecular weight is 372 g/mol. The molecule has 0 aliphatic rings. The number of hydrogen-bond acceptors (Lipinski definition) is 5. The quantitative estimate of drug-likeness (QED) is 0.394. The Morgan fingerprint density at radius 1 is 1.11 bits per heavy atom. The molecule has 4 aromatic heterocycles. The molecular weight excluding hydrogens is 352 g/mol. The second-order valence-corrected chi connectivity index (χ2v) is 6.79. The third kappa shape index (κ3) is 3.11. The van der Waals surface area contributed by atoms with Gasteiger partial charge in [0.2, 0.25) is 0 Å². The molecule has 0 spiro atoms. The van der Waals surface area contributed by atoms with E-state index < -0.39 is 0 Å². The van der Waals surface area contributed by atoms with Gasteiger partial charge >= 0.3 is 0 Å². The van der Waals surface area contributed by atoms with Gasteiger partial charge in [-0.05, 0) is 57.2 Å². The summed E-state index contributed by atoms with van der Waals surface area (Å²) in [6.07, 6.45) is 7.46. The summed E-state index contributed by atoms with van der Waals surface area (Å²) in [5.74, 6) is 0. The van der Waals surface area contributed by atoms with Gasteiger partial charge in [-0.25, -0.2) is 9.50 Å². The lowest BCUT2D eigenvalue weighted by atomic mass is 10.0. The zero-order valence-corrected chi connectivity index (χ0v) is 15.9. The first-order valence-corrected chi connectivity index (χ1v) is 9.06. The Balaban J connectivity index is 2.01. The fourth-order valence-electron chi connectivity index (χ4n) is 3.14. The van der Waals surface area contributed by atoms with Crippen LogP contribution in [-0.2, 0) is 4.79 Å². The first-order valence-electron chi connectivity index (χ1n) is 9.06. The van der Waals surface area contributed by atoms with Crippen molar-refractivity contribution in [2.45, 2.75) is 26.8 Å². The molecule has 0 aliphatic heterocycles. The number of aldehydes is 1. The molecule has 0 amide bonds. The fraction of sp³-hybridized carbons (Fsp3) is 0.190. The molecule has 28 heavy (non-hydrogen) atoms. The molecule has 0 bridgehead atoms. The maximum absolute atomic E-state index is 11.0. The monoisotopic (exact) mass is 372 g/mol. The van der Waals surface area contributed by atoms with Gasteiger partial charge in [0.1, 0.15) is 18.3 Å². The van der Waals surface area contributed by atoms with E-state index in [1.165, 1.54) is 12.4 Å². The lowest BCUT2D eigenvalue weighted by Gasteiger charge is -2.08. The number of pyridine rings is 2. The van der Waals surface area contributed by atoms with E-state index in [-0.39, 0.29) is 6.04 Å².